The lowest BCUT2D eigenvalue weighted by Crippen LogP contribution is -2.41. The molecule has 2 aromatic carbocycles. The normalized spacial score (nSPS) is 15.4. The van der Waals surface area contributed by atoms with E-state index in [-0.39, 0.29) is 30.3 Å². The maximum atomic E-state index is 13.9. The Hall–Kier alpha value is -3.81. The molecule has 2 aliphatic heterocycles. The van der Waals surface area contributed by atoms with Crippen LogP contribution >= 0.6 is 0 Å². The molecule has 3 heterocycles. The molecule has 5 rings (SSSR count). The van der Waals surface area contributed by atoms with E-state index in [1.165, 1.54) is 6.07 Å². The number of hydrogen-bond acceptors (Lipinski definition) is 5. The zero-order chi connectivity index (χ0) is 23.5. The van der Waals surface area contributed by atoms with Gasteiger partial charge in [-0.2, -0.15) is 0 Å². The number of anilines is 1. The molecule has 34 heavy (non-hydrogen) atoms. The number of ether oxygens (including phenoxy) is 2. The molecule has 0 atom stereocenters. The number of fused-ring (bicyclic) bond motifs is 1. The van der Waals surface area contributed by atoms with Crippen LogP contribution in [-0.2, 0) is 16.0 Å². The summed E-state index contributed by atoms with van der Waals surface area (Å²) in [5.74, 6) is 1.87. The molecule has 176 valence electrons. The molecule has 0 unspecified atom stereocenters. The van der Waals surface area contributed by atoms with Gasteiger partial charge >= 0.3 is 0 Å². The maximum Gasteiger partial charge on any atom is 0.231 e. The number of aryl methyl sites for hydroxylation is 1. The smallest absolute Gasteiger partial charge is 0.231 e. The topological polar surface area (TPSA) is 81.0 Å². The summed E-state index contributed by atoms with van der Waals surface area (Å²) < 4.78 is 30.3. The lowest BCUT2D eigenvalue weighted by molar-refractivity contribution is -0.134. The van der Waals surface area contributed by atoms with Crippen molar-refractivity contribution in [2.75, 3.05) is 25.2 Å². The first kappa shape index (κ1) is 22.0. The van der Waals surface area contributed by atoms with Crippen LogP contribution in [0.5, 0.6) is 11.5 Å². The Labute approximate surface area is 196 Å². The van der Waals surface area contributed by atoms with Gasteiger partial charge in [0.05, 0.1) is 5.56 Å². The third-order valence-electron chi connectivity index (χ3n) is 6.24. The van der Waals surface area contributed by atoms with E-state index in [4.69, 9.17) is 13.9 Å². The van der Waals surface area contributed by atoms with E-state index in [2.05, 4.69) is 5.32 Å². The van der Waals surface area contributed by atoms with Gasteiger partial charge in [0.25, 0.3) is 0 Å². The van der Waals surface area contributed by atoms with Gasteiger partial charge in [-0.05, 0) is 49.2 Å². The van der Waals surface area contributed by atoms with E-state index >= 15 is 0 Å². The number of piperidine rings is 1. The second-order valence-electron chi connectivity index (χ2n) is 8.46. The second kappa shape index (κ2) is 9.59. The van der Waals surface area contributed by atoms with Crippen LogP contribution < -0.4 is 14.8 Å². The Morgan fingerprint density at radius 3 is 2.62 bits per heavy atom. The predicted octanol–water partition coefficient (Wildman–Crippen LogP) is 4.62. The summed E-state index contributed by atoms with van der Waals surface area (Å²) in [5, 5.41) is 2.93. The Morgan fingerprint density at radius 1 is 1.00 bits per heavy atom. The molecule has 1 aromatic heterocycles. The molecule has 0 spiro atoms. The van der Waals surface area contributed by atoms with Crippen LogP contribution in [0.3, 0.4) is 0 Å². The molecular formula is C26H25FN2O5. The van der Waals surface area contributed by atoms with Gasteiger partial charge in [-0.3, -0.25) is 9.59 Å². The minimum atomic E-state index is -0.343. The number of carbonyl (C=O) groups is 2. The van der Waals surface area contributed by atoms with Crippen LogP contribution in [0.2, 0.25) is 0 Å². The number of nitrogens with one attached hydrogen (secondary N) is 1. The van der Waals surface area contributed by atoms with Crippen molar-refractivity contribution in [2.45, 2.75) is 25.7 Å². The highest BCUT2D eigenvalue weighted by Crippen LogP contribution is 2.34. The fraction of sp³-hybridized carbons (Fsp3) is 0.308. The van der Waals surface area contributed by atoms with Crippen LogP contribution in [0.25, 0.3) is 11.3 Å². The highest BCUT2D eigenvalue weighted by molar-refractivity contribution is 5.93. The van der Waals surface area contributed by atoms with Crippen molar-refractivity contribution < 1.29 is 27.9 Å². The maximum absolute atomic E-state index is 13.9. The van der Waals surface area contributed by atoms with Crippen LogP contribution in [0.15, 0.2) is 59.0 Å². The molecule has 1 N–H and O–H groups in total. The molecule has 2 amide bonds. The number of furan rings is 1. The van der Waals surface area contributed by atoms with Crippen molar-refractivity contribution in [1.29, 1.82) is 0 Å². The Balaban J connectivity index is 1.09. The summed E-state index contributed by atoms with van der Waals surface area (Å²) in [7, 11) is 0. The Morgan fingerprint density at radius 2 is 1.79 bits per heavy atom. The number of halogens is 1. The van der Waals surface area contributed by atoms with E-state index in [0.29, 0.717) is 73.0 Å². The van der Waals surface area contributed by atoms with Crippen molar-refractivity contribution in [2.24, 2.45) is 5.92 Å². The SMILES string of the molecule is O=C(Nc1ccc2c(c1)OCO2)C1CCN(C(=O)CCc2ccc(-c3ccccc3F)o2)CC1. The monoisotopic (exact) mass is 464 g/mol. The lowest BCUT2D eigenvalue weighted by Gasteiger charge is -2.31. The molecular weight excluding hydrogens is 439 g/mol. The summed E-state index contributed by atoms with van der Waals surface area (Å²) in [6, 6.07) is 15.3. The minimum absolute atomic E-state index is 0.0264. The number of benzene rings is 2. The van der Waals surface area contributed by atoms with E-state index in [9.17, 15) is 14.0 Å². The number of likely N-dealkylation sites (tertiary alicyclic amines) is 1. The quantitative estimate of drug-likeness (QED) is 0.576. The van der Waals surface area contributed by atoms with Crippen LogP contribution in [0.1, 0.15) is 25.0 Å². The molecule has 7 nitrogen and oxygen atoms in total. The van der Waals surface area contributed by atoms with Crippen molar-refractivity contribution in [3.8, 4) is 22.8 Å². The average Bonchev–Trinajstić information content (AvgIpc) is 3.52. The van der Waals surface area contributed by atoms with Crippen LogP contribution in [-0.4, -0.2) is 36.6 Å². The molecule has 8 heteroatoms. The van der Waals surface area contributed by atoms with Gasteiger partial charge < -0.3 is 24.1 Å². The van der Waals surface area contributed by atoms with Gasteiger partial charge in [-0.25, -0.2) is 4.39 Å². The third kappa shape index (κ3) is 4.76. The van der Waals surface area contributed by atoms with Crippen molar-refractivity contribution in [3.05, 3.63) is 66.2 Å². The van der Waals surface area contributed by atoms with Crippen molar-refractivity contribution in [3.63, 3.8) is 0 Å². The van der Waals surface area contributed by atoms with Crippen molar-refractivity contribution in [1.82, 2.24) is 4.90 Å². The highest BCUT2D eigenvalue weighted by atomic mass is 19.1. The number of nitrogens with zero attached hydrogens (tertiary/aromatic N) is 1. The largest absolute Gasteiger partial charge is 0.461 e. The number of carbonyl (C=O) groups excluding carboxylic acids is 2. The van der Waals surface area contributed by atoms with Crippen molar-refractivity contribution >= 4 is 17.5 Å². The lowest BCUT2D eigenvalue weighted by atomic mass is 9.95. The van der Waals surface area contributed by atoms with Gasteiger partial charge in [0.2, 0.25) is 18.6 Å². The van der Waals surface area contributed by atoms with Gasteiger partial charge in [0.1, 0.15) is 17.3 Å². The fourth-order valence-electron chi connectivity index (χ4n) is 4.32. The summed E-state index contributed by atoms with van der Waals surface area (Å²) in [6.45, 7) is 1.26. The van der Waals surface area contributed by atoms with E-state index in [1.54, 1.807) is 53.4 Å². The number of rotatable bonds is 6. The van der Waals surface area contributed by atoms with Crippen LogP contribution in [0, 0.1) is 11.7 Å². The Kier molecular flexibility index (Phi) is 6.20. The second-order valence-corrected chi connectivity index (χ2v) is 8.46. The molecule has 0 bridgehead atoms. The van der Waals surface area contributed by atoms with Gasteiger partial charge in [-0.15, -0.1) is 0 Å². The molecule has 0 aliphatic carbocycles. The average molecular weight is 464 g/mol. The summed E-state index contributed by atoms with van der Waals surface area (Å²) in [4.78, 5) is 27.1. The van der Waals surface area contributed by atoms with E-state index < -0.39 is 0 Å². The molecule has 3 aromatic rings. The summed E-state index contributed by atoms with van der Waals surface area (Å²) in [6.07, 6.45) is 1.97. The first-order valence-electron chi connectivity index (χ1n) is 11.4. The summed E-state index contributed by atoms with van der Waals surface area (Å²) >= 11 is 0. The minimum Gasteiger partial charge on any atom is -0.461 e. The number of amides is 2. The fourth-order valence-corrected chi connectivity index (χ4v) is 4.32. The van der Waals surface area contributed by atoms with Gasteiger partial charge in [-0.1, -0.05) is 12.1 Å². The molecule has 1 saturated heterocycles. The predicted molar refractivity (Wildman–Crippen MR) is 123 cm³/mol. The number of hydrogen-bond donors (Lipinski definition) is 1. The van der Waals surface area contributed by atoms with E-state index in [1.807, 2.05) is 0 Å². The summed E-state index contributed by atoms with van der Waals surface area (Å²) in [5.41, 5.74) is 1.07. The zero-order valence-electron chi connectivity index (χ0n) is 18.6. The standard InChI is InChI=1S/C26H25FN2O5/c27-21-4-2-1-3-20(21)22-9-6-19(34-22)7-10-25(30)29-13-11-17(12-14-29)26(31)28-18-5-8-23-24(15-18)33-16-32-23/h1-6,8-9,15,17H,7,10-14,16H2,(H,28,31). The van der Waals surface area contributed by atoms with Crippen LogP contribution in [0.4, 0.5) is 10.1 Å². The molecule has 0 saturated carbocycles. The first-order chi connectivity index (χ1) is 16.6. The molecule has 1 fully saturated rings. The van der Waals surface area contributed by atoms with Gasteiger partial charge in [0.15, 0.2) is 11.5 Å². The molecule has 2 aliphatic rings. The first-order valence-corrected chi connectivity index (χ1v) is 11.4. The zero-order valence-corrected chi connectivity index (χ0v) is 18.6. The van der Waals surface area contributed by atoms with E-state index in [0.717, 1.165) is 0 Å². The third-order valence-corrected chi connectivity index (χ3v) is 6.24. The molecule has 0 radical (unpaired) electrons. The highest BCUT2D eigenvalue weighted by Gasteiger charge is 2.27. The Bertz CT molecular complexity index is 1200. The van der Waals surface area contributed by atoms with Gasteiger partial charge in [0, 0.05) is 43.6 Å².